The van der Waals surface area contributed by atoms with Crippen molar-refractivity contribution in [1.82, 2.24) is 14.9 Å². The zero-order valence-corrected chi connectivity index (χ0v) is 13.0. The number of anilines is 1. The summed E-state index contributed by atoms with van der Waals surface area (Å²) in [6, 6.07) is 6.37. The fourth-order valence-electron chi connectivity index (χ4n) is 2.83. The third-order valence-corrected chi connectivity index (χ3v) is 4.02. The SMILES string of the molecule is O=C(Nc1cncnc1)C(=O)N1CCC(Cc2ccc(F)cc2)C1. The Kier molecular flexibility index (Phi) is 4.79. The monoisotopic (exact) mass is 328 g/mol. The minimum absolute atomic E-state index is 0.261. The largest absolute Gasteiger partial charge is 0.334 e. The molecule has 7 heteroatoms. The Morgan fingerprint density at radius 3 is 2.62 bits per heavy atom. The molecule has 0 saturated carbocycles. The van der Waals surface area contributed by atoms with Gasteiger partial charge in [0, 0.05) is 13.1 Å². The van der Waals surface area contributed by atoms with Crippen LogP contribution in [-0.4, -0.2) is 39.8 Å². The molecular formula is C17H17FN4O2. The fraction of sp³-hybridized carbons (Fsp3) is 0.294. The van der Waals surface area contributed by atoms with E-state index in [4.69, 9.17) is 0 Å². The van der Waals surface area contributed by atoms with E-state index in [0.717, 1.165) is 18.4 Å². The van der Waals surface area contributed by atoms with Crippen molar-refractivity contribution in [3.8, 4) is 0 Å². The second kappa shape index (κ2) is 7.16. The topological polar surface area (TPSA) is 75.2 Å². The van der Waals surface area contributed by atoms with Crippen molar-refractivity contribution >= 4 is 17.5 Å². The number of carbonyl (C=O) groups excluding carboxylic acids is 2. The fourth-order valence-corrected chi connectivity index (χ4v) is 2.83. The average molecular weight is 328 g/mol. The lowest BCUT2D eigenvalue weighted by Gasteiger charge is -2.16. The van der Waals surface area contributed by atoms with Gasteiger partial charge in [-0.15, -0.1) is 0 Å². The van der Waals surface area contributed by atoms with Crippen LogP contribution in [0.4, 0.5) is 10.1 Å². The molecule has 2 amide bonds. The van der Waals surface area contributed by atoms with Crippen molar-refractivity contribution in [2.75, 3.05) is 18.4 Å². The van der Waals surface area contributed by atoms with Gasteiger partial charge in [-0.05, 0) is 36.5 Å². The van der Waals surface area contributed by atoms with Crippen LogP contribution < -0.4 is 5.32 Å². The summed E-state index contributed by atoms with van der Waals surface area (Å²) in [6.07, 6.45) is 5.79. The summed E-state index contributed by atoms with van der Waals surface area (Å²) in [5.41, 5.74) is 1.42. The van der Waals surface area contributed by atoms with Gasteiger partial charge >= 0.3 is 11.8 Å². The summed E-state index contributed by atoms with van der Waals surface area (Å²) in [5, 5.41) is 2.49. The highest BCUT2D eigenvalue weighted by Gasteiger charge is 2.30. The number of hydrogen-bond donors (Lipinski definition) is 1. The highest BCUT2D eigenvalue weighted by molar-refractivity contribution is 6.39. The van der Waals surface area contributed by atoms with Gasteiger partial charge in [0.05, 0.1) is 18.1 Å². The Bertz CT molecular complexity index is 721. The Labute approximate surface area is 138 Å². The van der Waals surface area contributed by atoms with E-state index in [9.17, 15) is 14.0 Å². The molecule has 0 radical (unpaired) electrons. The number of halogens is 1. The first-order chi connectivity index (χ1) is 11.6. The second-order valence-electron chi connectivity index (χ2n) is 5.82. The van der Waals surface area contributed by atoms with Crippen LogP contribution >= 0.6 is 0 Å². The van der Waals surface area contributed by atoms with Crippen LogP contribution in [0.2, 0.25) is 0 Å². The zero-order valence-electron chi connectivity index (χ0n) is 13.0. The number of likely N-dealkylation sites (tertiary alicyclic amines) is 1. The summed E-state index contributed by atoms with van der Waals surface area (Å²) in [5.74, 6) is -1.23. The molecule has 1 fully saturated rings. The van der Waals surface area contributed by atoms with E-state index in [0.29, 0.717) is 18.8 Å². The maximum Gasteiger partial charge on any atom is 0.313 e. The molecule has 1 atom stereocenters. The number of nitrogens with one attached hydrogen (secondary N) is 1. The number of benzene rings is 1. The molecule has 0 aliphatic carbocycles. The smallest absolute Gasteiger partial charge is 0.313 e. The number of nitrogens with zero attached hydrogens (tertiary/aromatic N) is 3. The van der Waals surface area contributed by atoms with Crippen LogP contribution in [0, 0.1) is 11.7 Å². The van der Waals surface area contributed by atoms with E-state index in [2.05, 4.69) is 15.3 Å². The van der Waals surface area contributed by atoms with Gasteiger partial charge < -0.3 is 10.2 Å². The van der Waals surface area contributed by atoms with Crippen LogP contribution in [0.15, 0.2) is 43.0 Å². The number of carbonyl (C=O) groups is 2. The summed E-state index contributed by atoms with van der Waals surface area (Å²) in [7, 11) is 0. The van der Waals surface area contributed by atoms with Gasteiger partial charge in [-0.1, -0.05) is 12.1 Å². The molecule has 24 heavy (non-hydrogen) atoms. The lowest BCUT2D eigenvalue weighted by molar-refractivity contribution is -0.142. The Hall–Kier alpha value is -2.83. The van der Waals surface area contributed by atoms with Crippen LogP contribution in [0.5, 0.6) is 0 Å². The van der Waals surface area contributed by atoms with E-state index in [1.807, 2.05) is 0 Å². The molecule has 1 aliphatic rings. The first-order valence-corrected chi connectivity index (χ1v) is 7.71. The third kappa shape index (κ3) is 3.92. The van der Waals surface area contributed by atoms with E-state index in [1.54, 1.807) is 17.0 Å². The van der Waals surface area contributed by atoms with Gasteiger partial charge in [-0.2, -0.15) is 0 Å². The van der Waals surface area contributed by atoms with E-state index in [-0.39, 0.29) is 11.7 Å². The number of rotatable bonds is 3. The van der Waals surface area contributed by atoms with E-state index < -0.39 is 11.8 Å². The summed E-state index contributed by atoms with van der Waals surface area (Å²) < 4.78 is 12.9. The molecule has 0 spiro atoms. The molecule has 1 aromatic heterocycles. The molecule has 2 heterocycles. The normalized spacial score (nSPS) is 16.9. The second-order valence-corrected chi connectivity index (χ2v) is 5.82. The lowest BCUT2D eigenvalue weighted by atomic mass is 9.99. The van der Waals surface area contributed by atoms with Crippen molar-refractivity contribution in [3.63, 3.8) is 0 Å². The third-order valence-electron chi connectivity index (χ3n) is 4.02. The van der Waals surface area contributed by atoms with Crippen LogP contribution in [0.1, 0.15) is 12.0 Å². The molecule has 124 valence electrons. The van der Waals surface area contributed by atoms with Crippen molar-refractivity contribution in [1.29, 1.82) is 0 Å². The predicted molar refractivity (Wildman–Crippen MR) is 85.5 cm³/mol. The average Bonchev–Trinajstić information content (AvgIpc) is 3.05. The van der Waals surface area contributed by atoms with Gasteiger partial charge in [0.1, 0.15) is 12.1 Å². The van der Waals surface area contributed by atoms with Crippen molar-refractivity contribution in [2.24, 2.45) is 5.92 Å². The van der Waals surface area contributed by atoms with Gasteiger partial charge in [-0.3, -0.25) is 9.59 Å². The summed E-state index contributed by atoms with van der Waals surface area (Å²) in [6.45, 7) is 1.07. The zero-order chi connectivity index (χ0) is 16.9. The first-order valence-electron chi connectivity index (χ1n) is 7.71. The maximum atomic E-state index is 12.9. The molecule has 1 unspecified atom stereocenters. The first kappa shape index (κ1) is 16.0. The Morgan fingerprint density at radius 2 is 1.92 bits per heavy atom. The van der Waals surface area contributed by atoms with Crippen LogP contribution in [-0.2, 0) is 16.0 Å². The van der Waals surface area contributed by atoms with E-state index in [1.165, 1.54) is 30.9 Å². The molecule has 1 aliphatic heterocycles. The van der Waals surface area contributed by atoms with Crippen molar-refractivity contribution in [3.05, 3.63) is 54.4 Å². The number of aromatic nitrogens is 2. The van der Waals surface area contributed by atoms with Gasteiger partial charge in [0.15, 0.2) is 0 Å². The van der Waals surface area contributed by atoms with Crippen molar-refractivity contribution < 1.29 is 14.0 Å². The summed E-state index contributed by atoms with van der Waals surface area (Å²) in [4.78, 5) is 33.3. The summed E-state index contributed by atoms with van der Waals surface area (Å²) >= 11 is 0. The van der Waals surface area contributed by atoms with Gasteiger partial charge in [-0.25, -0.2) is 14.4 Å². The predicted octanol–water partition coefficient (Wildman–Crippen LogP) is 1.65. The molecule has 0 bridgehead atoms. The van der Waals surface area contributed by atoms with Crippen LogP contribution in [0.3, 0.4) is 0 Å². The van der Waals surface area contributed by atoms with Crippen LogP contribution in [0.25, 0.3) is 0 Å². The van der Waals surface area contributed by atoms with Crippen molar-refractivity contribution in [2.45, 2.75) is 12.8 Å². The quantitative estimate of drug-likeness (QED) is 0.869. The molecule has 1 saturated heterocycles. The lowest BCUT2D eigenvalue weighted by Crippen LogP contribution is -2.38. The highest BCUT2D eigenvalue weighted by Crippen LogP contribution is 2.21. The minimum atomic E-state index is -0.688. The molecule has 3 rings (SSSR count). The molecule has 1 aromatic carbocycles. The maximum absolute atomic E-state index is 12.9. The molecule has 6 nitrogen and oxygen atoms in total. The molecule has 1 N–H and O–H groups in total. The molecular weight excluding hydrogens is 311 g/mol. The Morgan fingerprint density at radius 1 is 1.21 bits per heavy atom. The molecule has 2 aromatic rings. The van der Waals surface area contributed by atoms with Gasteiger partial charge in [0.2, 0.25) is 0 Å². The van der Waals surface area contributed by atoms with E-state index >= 15 is 0 Å². The standard InChI is InChI=1S/C17H17FN4O2/c18-14-3-1-12(2-4-14)7-13-5-6-22(10-13)17(24)16(23)21-15-8-19-11-20-9-15/h1-4,8-9,11,13H,5-7,10H2,(H,21,23). The number of amides is 2. The number of hydrogen-bond acceptors (Lipinski definition) is 4. The highest BCUT2D eigenvalue weighted by atomic mass is 19.1. The minimum Gasteiger partial charge on any atom is -0.334 e. The Balaban J connectivity index is 1.53. The van der Waals surface area contributed by atoms with Gasteiger partial charge in [0.25, 0.3) is 0 Å².